The molecule has 0 bridgehead atoms. The number of amides is 1. The van der Waals surface area contributed by atoms with Crippen LogP contribution in [0.15, 0.2) is 0 Å². The molecule has 0 aromatic rings. The van der Waals surface area contributed by atoms with Crippen molar-refractivity contribution >= 4 is 18.0 Å². The average Bonchev–Trinajstić information content (AvgIpc) is 2.55. The summed E-state index contributed by atoms with van der Waals surface area (Å²) in [5.41, 5.74) is 0. The molecular weight excluding hydrogens is 314 g/mol. The standard InChI is InChI=1S/C17H31NO6/c1-4-7-10-15(19)24-16(20)14(13-22-11-8-5-2)18-17(21)23-12-9-6-3/h14H,4-13H2,1-3H3,(H,18,21). The molecular formula is C17H31NO6. The molecule has 0 saturated heterocycles. The lowest BCUT2D eigenvalue weighted by Gasteiger charge is -2.17. The summed E-state index contributed by atoms with van der Waals surface area (Å²) in [6.45, 7) is 6.62. The fourth-order valence-electron chi connectivity index (χ4n) is 1.66. The summed E-state index contributed by atoms with van der Waals surface area (Å²) in [7, 11) is 0. The molecule has 1 unspecified atom stereocenters. The third kappa shape index (κ3) is 11.9. The maximum atomic E-state index is 12.1. The molecule has 7 nitrogen and oxygen atoms in total. The molecule has 1 atom stereocenters. The summed E-state index contributed by atoms with van der Waals surface area (Å²) in [5.74, 6) is -1.42. The van der Waals surface area contributed by atoms with Crippen LogP contribution in [0.2, 0.25) is 0 Å². The van der Waals surface area contributed by atoms with E-state index in [0.29, 0.717) is 13.0 Å². The number of unbranched alkanes of at least 4 members (excludes halogenated alkanes) is 3. The van der Waals surface area contributed by atoms with Gasteiger partial charge in [-0.15, -0.1) is 0 Å². The van der Waals surface area contributed by atoms with Gasteiger partial charge in [-0.1, -0.05) is 40.0 Å². The van der Waals surface area contributed by atoms with Crippen molar-refractivity contribution < 1.29 is 28.6 Å². The molecule has 0 aliphatic heterocycles. The fraction of sp³-hybridized carbons (Fsp3) is 0.824. The molecule has 7 heteroatoms. The van der Waals surface area contributed by atoms with Crippen LogP contribution in [0.4, 0.5) is 4.79 Å². The lowest BCUT2D eigenvalue weighted by atomic mass is 10.2. The smallest absolute Gasteiger partial charge is 0.407 e. The number of esters is 2. The van der Waals surface area contributed by atoms with Crippen molar-refractivity contribution in [1.82, 2.24) is 5.32 Å². The molecule has 0 aromatic carbocycles. The molecule has 24 heavy (non-hydrogen) atoms. The first-order valence-electron chi connectivity index (χ1n) is 8.80. The van der Waals surface area contributed by atoms with Gasteiger partial charge in [0.1, 0.15) is 0 Å². The van der Waals surface area contributed by atoms with Crippen LogP contribution in [0.1, 0.15) is 65.7 Å². The van der Waals surface area contributed by atoms with Crippen molar-refractivity contribution in [2.75, 3.05) is 19.8 Å². The van der Waals surface area contributed by atoms with Gasteiger partial charge in [0.15, 0.2) is 6.04 Å². The summed E-state index contributed by atoms with van der Waals surface area (Å²) >= 11 is 0. The van der Waals surface area contributed by atoms with Crippen molar-refractivity contribution in [3.63, 3.8) is 0 Å². The Labute approximate surface area is 144 Å². The van der Waals surface area contributed by atoms with E-state index in [1.54, 1.807) is 0 Å². The van der Waals surface area contributed by atoms with Gasteiger partial charge in [0.05, 0.1) is 13.2 Å². The Balaban J connectivity index is 4.45. The van der Waals surface area contributed by atoms with Gasteiger partial charge in [-0.25, -0.2) is 9.59 Å². The summed E-state index contributed by atoms with van der Waals surface area (Å²) < 4.78 is 15.1. The Bertz CT molecular complexity index is 372. The first-order valence-corrected chi connectivity index (χ1v) is 8.80. The molecule has 0 rings (SSSR count). The average molecular weight is 345 g/mol. The highest BCUT2D eigenvalue weighted by molar-refractivity contribution is 5.90. The van der Waals surface area contributed by atoms with E-state index in [-0.39, 0.29) is 19.6 Å². The second-order valence-corrected chi connectivity index (χ2v) is 5.51. The van der Waals surface area contributed by atoms with Crippen molar-refractivity contribution in [2.24, 2.45) is 0 Å². The predicted octanol–water partition coefficient (Wildman–Crippen LogP) is 2.96. The molecule has 0 radical (unpaired) electrons. The number of alkyl carbamates (subject to hydrolysis) is 1. The second kappa shape index (κ2) is 14.9. The Kier molecular flexibility index (Phi) is 13.9. The van der Waals surface area contributed by atoms with Gasteiger partial charge in [0, 0.05) is 13.0 Å². The monoisotopic (exact) mass is 345 g/mol. The van der Waals surface area contributed by atoms with Gasteiger partial charge in [0.2, 0.25) is 0 Å². The van der Waals surface area contributed by atoms with Gasteiger partial charge in [-0.2, -0.15) is 0 Å². The number of carbonyl (C=O) groups is 3. The zero-order valence-corrected chi connectivity index (χ0v) is 15.1. The molecule has 140 valence electrons. The van der Waals surface area contributed by atoms with Gasteiger partial charge < -0.3 is 19.5 Å². The highest BCUT2D eigenvalue weighted by atomic mass is 16.6. The lowest BCUT2D eigenvalue weighted by Crippen LogP contribution is -2.46. The predicted molar refractivity (Wildman–Crippen MR) is 89.5 cm³/mol. The topological polar surface area (TPSA) is 90.9 Å². The highest BCUT2D eigenvalue weighted by Crippen LogP contribution is 2.01. The summed E-state index contributed by atoms with van der Waals surface area (Å²) in [4.78, 5) is 35.3. The van der Waals surface area contributed by atoms with E-state index >= 15 is 0 Å². The summed E-state index contributed by atoms with van der Waals surface area (Å²) in [6.07, 6.45) is 4.37. The normalized spacial score (nSPS) is 11.6. The molecule has 1 amide bonds. The van der Waals surface area contributed by atoms with Gasteiger partial charge in [0.25, 0.3) is 0 Å². The summed E-state index contributed by atoms with van der Waals surface area (Å²) in [5, 5.41) is 2.40. The van der Waals surface area contributed by atoms with Crippen LogP contribution in [-0.4, -0.2) is 43.9 Å². The van der Waals surface area contributed by atoms with Crippen LogP contribution in [0.25, 0.3) is 0 Å². The van der Waals surface area contributed by atoms with E-state index < -0.39 is 24.1 Å². The fourth-order valence-corrected chi connectivity index (χ4v) is 1.66. The number of carbonyl (C=O) groups excluding carboxylic acids is 3. The summed E-state index contributed by atoms with van der Waals surface area (Å²) in [6, 6.07) is -1.05. The number of ether oxygens (including phenoxy) is 3. The molecule has 0 heterocycles. The van der Waals surface area contributed by atoms with E-state index in [4.69, 9.17) is 14.2 Å². The van der Waals surface area contributed by atoms with Gasteiger partial charge in [-0.05, 0) is 19.3 Å². The zero-order chi connectivity index (χ0) is 18.2. The first-order chi connectivity index (χ1) is 11.5. The van der Waals surface area contributed by atoms with Crippen LogP contribution < -0.4 is 5.32 Å². The zero-order valence-electron chi connectivity index (χ0n) is 15.1. The maximum Gasteiger partial charge on any atom is 0.407 e. The molecule has 0 aromatic heterocycles. The van der Waals surface area contributed by atoms with E-state index in [1.165, 1.54) is 0 Å². The number of nitrogens with one attached hydrogen (secondary N) is 1. The van der Waals surface area contributed by atoms with Gasteiger partial charge in [-0.3, -0.25) is 4.79 Å². The SMILES string of the molecule is CCCCOCC(NC(=O)OCCCC)C(=O)OC(=O)CCCC. The highest BCUT2D eigenvalue weighted by Gasteiger charge is 2.25. The van der Waals surface area contributed by atoms with Crippen molar-refractivity contribution in [1.29, 1.82) is 0 Å². The molecule has 0 saturated carbocycles. The third-order valence-corrected chi connectivity index (χ3v) is 3.18. The van der Waals surface area contributed by atoms with Crippen LogP contribution in [-0.2, 0) is 23.8 Å². The number of hydrogen-bond acceptors (Lipinski definition) is 6. The minimum absolute atomic E-state index is 0.0528. The lowest BCUT2D eigenvalue weighted by molar-refractivity contribution is -0.162. The second-order valence-electron chi connectivity index (χ2n) is 5.51. The largest absolute Gasteiger partial charge is 0.450 e. The van der Waals surface area contributed by atoms with Crippen LogP contribution in [0, 0.1) is 0 Å². The number of hydrogen-bond donors (Lipinski definition) is 1. The molecule has 0 fully saturated rings. The quantitative estimate of drug-likeness (QED) is 0.313. The van der Waals surface area contributed by atoms with Crippen molar-refractivity contribution in [3.05, 3.63) is 0 Å². The Hall–Kier alpha value is -1.63. The maximum absolute atomic E-state index is 12.1. The Morgan fingerprint density at radius 2 is 1.54 bits per heavy atom. The minimum Gasteiger partial charge on any atom is -0.450 e. The van der Waals surface area contributed by atoms with E-state index in [0.717, 1.165) is 32.1 Å². The van der Waals surface area contributed by atoms with E-state index in [2.05, 4.69) is 5.32 Å². The van der Waals surface area contributed by atoms with Gasteiger partial charge >= 0.3 is 18.0 Å². The Morgan fingerprint density at radius 1 is 0.917 bits per heavy atom. The molecule has 0 aliphatic rings. The minimum atomic E-state index is -1.05. The van der Waals surface area contributed by atoms with Crippen LogP contribution in [0.5, 0.6) is 0 Å². The van der Waals surface area contributed by atoms with E-state index in [1.807, 2.05) is 20.8 Å². The van der Waals surface area contributed by atoms with Crippen molar-refractivity contribution in [3.8, 4) is 0 Å². The molecule has 0 aliphatic carbocycles. The molecule has 0 spiro atoms. The van der Waals surface area contributed by atoms with Crippen LogP contribution >= 0.6 is 0 Å². The molecule has 1 N–H and O–H groups in total. The van der Waals surface area contributed by atoms with Crippen LogP contribution in [0.3, 0.4) is 0 Å². The third-order valence-electron chi connectivity index (χ3n) is 3.18. The first kappa shape index (κ1) is 22.4. The van der Waals surface area contributed by atoms with E-state index in [9.17, 15) is 14.4 Å². The van der Waals surface area contributed by atoms with Crippen molar-refractivity contribution in [2.45, 2.75) is 71.8 Å². The Morgan fingerprint density at radius 3 is 2.17 bits per heavy atom. The number of rotatable bonds is 13.